The summed E-state index contributed by atoms with van der Waals surface area (Å²) in [5.41, 5.74) is 2.15. The highest BCUT2D eigenvalue weighted by atomic mass is 16.7. The van der Waals surface area contributed by atoms with E-state index in [1.165, 1.54) is 7.11 Å². The lowest BCUT2D eigenvalue weighted by molar-refractivity contribution is -0.130. The van der Waals surface area contributed by atoms with Crippen molar-refractivity contribution in [3.63, 3.8) is 0 Å². The number of pyridine rings is 1. The van der Waals surface area contributed by atoms with E-state index in [0.717, 1.165) is 12.1 Å². The number of rotatable bonds is 5. The van der Waals surface area contributed by atoms with Gasteiger partial charge in [-0.2, -0.15) is 0 Å². The summed E-state index contributed by atoms with van der Waals surface area (Å²) in [7, 11) is 1.53. The molecule has 9 heteroatoms. The van der Waals surface area contributed by atoms with Crippen LogP contribution < -0.4 is 25.1 Å². The van der Waals surface area contributed by atoms with Gasteiger partial charge in [0.05, 0.1) is 7.11 Å². The second-order valence-corrected chi connectivity index (χ2v) is 9.74. The molecule has 2 bridgehead atoms. The molecular weight excluding hydrogens is 486 g/mol. The average Bonchev–Trinajstić information content (AvgIpc) is 3.41. The number of carbonyl (C=O) groups is 2. The number of aromatic nitrogens is 1. The minimum absolute atomic E-state index is 0.00978. The number of nitrogens with zero attached hydrogens (tertiary/aromatic N) is 2. The maximum absolute atomic E-state index is 14.0. The molecule has 0 aliphatic carbocycles. The second-order valence-electron chi connectivity index (χ2n) is 9.74. The van der Waals surface area contributed by atoms with Gasteiger partial charge >= 0.3 is 0 Å². The molecule has 1 saturated heterocycles. The lowest BCUT2D eigenvalue weighted by Gasteiger charge is -2.43. The fourth-order valence-corrected chi connectivity index (χ4v) is 5.57. The van der Waals surface area contributed by atoms with E-state index in [0.29, 0.717) is 48.0 Å². The fraction of sp³-hybridized carbons (Fsp3) is 0.276. The summed E-state index contributed by atoms with van der Waals surface area (Å²) in [4.78, 5) is 41.3. The van der Waals surface area contributed by atoms with Crippen LogP contribution in [0.1, 0.15) is 34.0 Å². The van der Waals surface area contributed by atoms with E-state index >= 15 is 0 Å². The largest absolute Gasteiger partial charge is 0.493 e. The van der Waals surface area contributed by atoms with Crippen molar-refractivity contribution in [2.75, 3.05) is 27.0 Å². The molecule has 1 fully saturated rings. The summed E-state index contributed by atoms with van der Waals surface area (Å²) in [6.45, 7) is 1.61. The molecule has 2 atom stereocenters. The van der Waals surface area contributed by atoms with E-state index in [1.807, 2.05) is 16.7 Å². The quantitative estimate of drug-likeness (QED) is 0.527. The van der Waals surface area contributed by atoms with Gasteiger partial charge in [-0.1, -0.05) is 24.3 Å². The Morgan fingerprint density at radius 1 is 1.03 bits per heavy atom. The van der Waals surface area contributed by atoms with Crippen LogP contribution in [-0.2, 0) is 11.3 Å². The number of piperidine rings is 1. The van der Waals surface area contributed by atoms with Crippen LogP contribution >= 0.6 is 0 Å². The lowest BCUT2D eigenvalue weighted by atomic mass is 9.83. The minimum atomic E-state index is -0.382. The van der Waals surface area contributed by atoms with Crippen LogP contribution in [0, 0.1) is 5.92 Å². The van der Waals surface area contributed by atoms with E-state index in [1.54, 1.807) is 59.5 Å². The number of benzene rings is 2. The Balaban J connectivity index is 1.34. The number of amides is 2. The Hall–Kier alpha value is -4.53. The SMILES string of the molecule is COc1cc(/C=C(\NC(=O)c2ccccc2)C(=O)N2C[C@H]3C[C@@H](C2)c2cccc(=O)n2C3)cc2c1OCO2. The maximum Gasteiger partial charge on any atom is 0.270 e. The second kappa shape index (κ2) is 9.74. The van der Waals surface area contributed by atoms with Crippen LogP contribution in [0.4, 0.5) is 0 Å². The molecule has 3 aliphatic heterocycles. The highest BCUT2D eigenvalue weighted by Gasteiger charge is 2.37. The first-order chi connectivity index (χ1) is 18.5. The van der Waals surface area contributed by atoms with Crippen LogP contribution in [0.15, 0.2) is 71.2 Å². The van der Waals surface area contributed by atoms with Gasteiger partial charge in [0.15, 0.2) is 11.5 Å². The molecule has 3 aromatic rings. The number of likely N-dealkylation sites (tertiary alicyclic amines) is 1. The van der Waals surface area contributed by atoms with E-state index in [4.69, 9.17) is 14.2 Å². The summed E-state index contributed by atoms with van der Waals surface area (Å²) in [5.74, 6) is 1.02. The Labute approximate surface area is 219 Å². The molecule has 1 aromatic heterocycles. The van der Waals surface area contributed by atoms with Crippen LogP contribution in [0.25, 0.3) is 6.08 Å². The molecule has 0 saturated carbocycles. The molecule has 194 valence electrons. The molecular formula is C29H27N3O6. The zero-order valence-electron chi connectivity index (χ0n) is 20.9. The molecule has 1 N–H and O–H groups in total. The third kappa shape index (κ3) is 4.40. The molecule has 9 nitrogen and oxygen atoms in total. The van der Waals surface area contributed by atoms with Crippen molar-refractivity contribution in [1.82, 2.24) is 14.8 Å². The van der Waals surface area contributed by atoms with Crippen LogP contribution in [0.3, 0.4) is 0 Å². The van der Waals surface area contributed by atoms with Crippen molar-refractivity contribution in [2.45, 2.75) is 18.9 Å². The van der Waals surface area contributed by atoms with Crippen LogP contribution in [-0.4, -0.2) is 48.3 Å². The van der Waals surface area contributed by atoms with Gasteiger partial charge < -0.3 is 29.0 Å². The predicted molar refractivity (Wildman–Crippen MR) is 139 cm³/mol. The monoisotopic (exact) mass is 513 g/mol. The number of hydrogen-bond acceptors (Lipinski definition) is 6. The number of ether oxygens (including phenoxy) is 3. The summed E-state index contributed by atoms with van der Waals surface area (Å²) < 4.78 is 18.3. The molecule has 2 amide bonds. The highest BCUT2D eigenvalue weighted by molar-refractivity contribution is 6.05. The molecule has 0 spiro atoms. The first kappa shape index (κ1) is 23.8. The average molecular weight is 514 g/mol. The van der Waals surface area contributed by atoms with Crippen molar-refractivity contribution in [2.24, 2.45) is 5.92 Å². The van der Waals surface area contributed by atoms with E-state index in [2.05, 4.69) is 5.32 Å². The topological polar surface area (TPSA) is 99.1 Å². The van der Waals surface area contributed by atoms with Gasteiger partial charge in [0.25, 0.3) is 17.4 Å². The number of nitrogens with one attached hydrogen (secondary N) is 1. The molecule has 3 aliphatic rings. The molecule has 0 unspecified atom stereocenters. The fourth-order valence-electron chi connectivity index (χ4n) is 5.57. The smallest absolute Gasteiger partial charge is 0.270 e. The van der Waals surface area contributed by atoms with Gasteiger partial charge in [-0.15, -0.1) is 0 Å². The van der Waals surface area contributed by atoms with Gasteiger partial charge in [0, 0.05) is 42.9 Å². The normalized spacial score (nSPS) is 19.5. The summed E-state index contributed by atoms with van der Waals surface area (Å²) in [5, 5.41) is 2.84. The van der Waals surface area contributed by atoms with Crippen molar-refractivity contribution in [3.8, 4) is 17.2 Å². The summed E-state index contributed by atoms with van der Waals surface area (Å²) in [6.07, 6.45) is 2.55. The van der Waals surface area contributed by atoms with Gasteiger partial charge in [0.1, 0.15) is 5.70 Å². The van der Waals surface area contributed by atoms with Gasteiger partial charge in [0.2, 0.25) is 12.5 Å². The van der Waals surface area contributed by atoms with Crippen molar-refractivity contribution in [3.05, 3.63) is 93.5 Å². The molecule has 4 heterocycles. The summed E-state index contributed by atoms with van der Waals surface area (Å²) >= 11 is 0. The Kier molecular flexibility index (Phi) is 6.11. The predicted octanol–water partition coefficient (Wildman–Crippen LogP) is 3.00. The number of hydrogen-bond donors (Lipinski definition) is 1. The van der Waals surface area contributed by atoms with Crippen molar-refractivity contribution >= 4 is 17.9 Å². The molecule has 6 rings (SSSR count). The summed E-state index contributed by atoms with van der Waals surface area (Å²) in [6, 6.07) is 17.6. The van der Waals surface area contributed by atoms with Crippen LogP contribution in [0.2, 0.25) is 0 Å². The highest BCUT2D eigenvalue weighted by Crippen LogP contribution is 2.42. The van der Waals surface area contributed by atoms with Crippen molar-refractivity contribution < 1.29 is 23.8 Å². The maximum atomic E-state index is 14.0. The Morgan fingerprint density at radius 3 is 2.68 bits per heavy atom. The van der Waals surface area contributed by atoms with E-state index in [-0.39, 0.29) is 41.7 Å². The standard InChI is InChI=1S/C29H27N3O6/c1-36-24-12-18(13-25-27(24)38-17-37-25)11-22(30-28(34)20-6-3-2-4-7-20)29(35)31-14-19-10-21(16-31)23-8-5-9-26(33)32(23)15-19/h2-9,11-13,19,21H,10,14-17H2,1H3,(H,30,34)/b22-11-/t19-,21+/m1/s1. The number of fused-ring (bicyclic) bond motifs is 5. The zero-order valence-corrected chi connectivity index (χ0v) is 20.9. The van der Waals surface area contributed by atoms with Crippen LogP contribution in [0.5, 0.6) is 17.2 Å². The number of methoxy groups -OCH3 is 1. The van der Waals surface area contributed by atoms with E-state index in [9.17, 15) is 14.4 Å². The first-order valence-corrected chi connectivity index (χ1v) is 12.5. The Bertz CT molecular complexity index is 1500. The van der Waals surface area contributed by atoms with Crippen molar-refractivity contribution in [1.29, 1.82) is 0 Å². The molecule has 38 heavy (non-hydrogen) atoms. The molecule has 2 aromatic carbocycles. The first-order valence-electron chi connectivity index (χ1n) is 12.5. The van der Waals surface area contributed by atoms with E-state index < -0.39 is 0 Å². The zero-order chi connectivity index (χ0) is 26.2. The Morgan fingerprint density at radius 2 is 1.87 bits per heavy atom. The minimum Gasteiger partial charge on any atom is -0.493 e. The van der Waals surface area contributed by atoms with Gasteiger partial charge in [-0.25, -0.2) is 0 Å². The lowest BCUT2D eigenvalue weighted by Crippen LogP contribution is -2.50. The number of carbonyl (C=O) groups excluding carboxylic acids is 2. The van der Waals surface area contributed by atoms with Gasteiger partial charge in [-0.05, 0) is 54.3 Å². The third-order valence-corrected chi connectivity index (χ3v) is 7.27. The third-order valence-electron chi connectivity index (χ3n) is 7.27. The van der Waals surface area contributed by atoms with Gasteiger partial charge in [-0.3, -0.25) is 14.4 Å². The molecule has 0 radical (unpaired) electrons.